The molecule has 3 heterocycles. The second-order valence-electron chi connectivity index (χ2n) is 8.74. The van der Waals surface area contributed by atoms with E-state index in [1.807, 2.05) is 6.08 Å². The molecule has 1 aromatic carbocycles. The zero-order valence-electron chi connectivity index (χ0n) is 18.5. The van der Waals surface area contributed by atoms with E-state index in [9.17, 15) is 37.5 Å². The summed E-state index contributed by atoms with van der Waals surface area (Å²) < 4.78 is 43.7. The van der Waals surface area contributed by atoms with Gasteiger partial charge in [-0.15, -0.1) is 0 Å². The van der Waals surface area contributed by atoms with Crippen LogP contribution in [-0.2, 0) is 25.3 Å². The number of ether oxygens (including phenoxy) is 1. The lowest BCUT2D eigenvalue weighted by atomic mass is 10.0. The fourth-order valence-corrected chi connectivity index (χ4v) is 4.62. The summed E-state index contributed by atoms with van der Waals surface area (Å²) in [4.78, 5) is 51.8. The van der Waals surface area contributed by atoms with Crippen molar-refractivity contribution < 1.29 is 42.2 Å². The molecule has 2 saturated heterocycles. The molecule has 0 radical (unpaired) electrons. The number of hydrogen-bond donors (Lipinski definition) is 3. The molecule has 3 aliphatic heterocycles. The summed E-state index contributed by atoms with van der Waals surface area (Å²) in [5.41, 5.74) is -1.23. The van der Waals surface area contributed by atoms with Crippen molar-refractivity contribution in [1.29, 1.82) is 0 Å². The van der Waals surface area contributed by atoms with E-state index < -0.39 is 59.8 Å². The molecule has 3 amide bonds. The number of carbonyl (C=O) groups is 4. The number of esters is 1. The van der Waals surface area contributed by atoms with Gasteiger partial charge in [0.05, 0.1) is 12.0 Å². The Morgan fingerprint density at radius 3 is 2.51 bits per heavy atom. The normalized spacial score (nSPS) is 28.7. The van der Waals surface area contributed by atoms with Crippen LogP contribution in [0.5, 0.6) is 0 Å². The molecule has 188 valence electrons. The Balaban J connectivity index is 1.50. The Hall–Kier alpha value is -3.41. The molecule has 2 fully saturated rings. The predicted octanol–water partition coefficient (Wildman–Crippen LogP) is 1.26. The smallest absolute Gasteiger partial charge is 0.416 e. The van der Waals surface area contributed by atoms with Crippen LogP contribution in [0.4, 0.5) is 13.2 Å². The number of hydrogen-bond acceptors (Lipinski definition) is 6. The van der Waals surface area contributed by atoms with Gasteiger partial charge in [0.15, 0.2) is 0 Å². The number of amides is 3. The minimum atomic E-state index is -4.62. The molecule has 2 unspecified atom stereocenters. The third kappa shape index (κ3) is 5.31. The maximum Gasteiger partial charge on any atom is 0.416 e. The van der Waals surface area contributed by atoms with Crippen molar-refractivity contribution in [3.63, 3.8) is 0 Å². The van der Waals surface area contributed by atoms with Crippen molar-refractivity contribution >= 4 is 23.7 Å². The first-order valence-corrected chi connectivity index (χ1v) is 11.2. The predicted molar refractivity (Wildman–Crippen MR) is 113 cm³/mol. The number of alkyl halides is 3. The van der Waals surface area contributed by atoms with Crippen LogP contribution in [0.25, 0.3) is 0 Å². The van der Waals surface area contributed by atoms with Gasteiger partial charge in [-0.2, -0.15) is 13.2 Å². The van der Waals surface area contributed by atoms with E-state index in [-0.39, 0.29) is 24.4 Å². The van der Waals surface area contributed by atoms with E-state index in [1.165, 1.54) is 11.0 Å². The van der Waals surface area contributed by atoms with Crippen molar-refractivity contribution in [2.75, 3.05) is 0 Å². The van der Waals surface area contributed by atoms with Crippen LogP contribution in [-0.4, -0.2) is 64.2 Å². The molecule has 0 aliphatic carbocycles. The van der Waals surface area contributed by atoms with Crippen LogP contribution in [0.1, 0.15) is 48.0 Å². The standard InChI is InChI=1S/C23H24F3N3O6/c24-23(25,26)13-5-3-4-12(10-13)19(31)27-15-7-2-1-6-14-8-9-17(29(14)21(15)33)20(32)28-16-11-18(30)35-22(16)34/h1-5,10,14-17,22,34H,6-9,11H2,(H,27,31)(H,28,32)/t14-,15+,16?,17+,22?/m1/s1. The van der Waals surface area contributed by atoms with Gasteiger partial charge in [-0.25, -0.2) is 0 Å². The average molecular weight is 495 g/mol. The molecule has 0 saturated carbocycles. The lowest BCUT2D eigenvalue weighted by molar-refractivity contribution is -0.155. The lowest BCUT2D eigenvalue weighted by Gasteiger charge is -2.34. The van der Waals surface area contributed by atoms with Crippen LogP contribution in [0.3, 0.4) is 0 Å². The zero-order chi connectivity index (χ0) is 25.3. The molecule has 12 heteroatoms. The summed E-state index contributed by atoms with van der Waals surface area (Å²) in [6, 6.07) is 0.660. The highest BCUT2D eigenvalue weighted by Crippen LogP contribution is 2.31. The molecule has 9 nitrogen and oxygen atoms in total. The van der Waals surface area contributed by atoms with Gasteiger partial charge in [-0.05, 0) is 43.9 Å². The van der Waals surface area contributed by atoms with Crippen LogP contribution in [0, 0.1) is 0 Å². The van der Waals surface area contributed by atoms with Gasteiger partial charge in [-0.3, -0.25) is 19.2 Å². The quantitative estimate of drug-likeness (QED) is 0.427. The SMILES string of the molecule is O=C1CC(NC(=O)[C@@H]2CC[C@H]3CC=CC[C@H](NC(=O)c4cccc(C(F)(F)F)c4)C(=O)N32)C(O)O1. The number of aliphatic hydroxyl groups is 1. The lowest BCUT2D eigenvalue weighted by Crippen LogP contribution is -2.57. The molecule has 0 bridgehead atoms. The third-order valence-electron chi connectivity index (χ3n) is 6.37. The number of fused-ring (bicyclic) bond motifs is 1. The molecular formula is C23H24F3N3O6. The number of nitrogens with zero attached hydrogens (tertiary/aromatic N) is 1. The molecule has 0 spiro atoms. The second-order valence-corrected chi connectivity index (χ2v) is 8.74. The summed E-state index contributed by atoms with van der Waals surface area (Å²) in [6.45, 7) is 0. The molecule has 4 rings (SSSR count). The van der Waals surface area contributed by atoms with Crippen molar-refractivity contribution in [2.24, 2.45) is 0 Å². The highest BCUT2D eigenvalue weighted by molar-refractivity contribution is 5.99. The molecule has 3 N–H and O–H groups in total. The van der Waals surface area contributed by atoms with Crippen molar-refractivity contribution in [3.05, 3.63) is 47.5 Å². The fourth-order valence-electron chi connectivity index (χ4n) is 4.62. The first kappa shape index (κ1) is 24.7. The van der Waals surface area contributed by atoms with Crippen molar-refractivity contribution in [2.45, 2.75) is 68.7 Å². The van der Waals surface area contributed by atoms with Gasteiger partial charge in [0.25, 0.3) is 5.91 Å². The van der Waals surface area contributed by atoms with E-state index in [0.29, 0.717) is 25.3 Å². The van der Waals surface area contributed by atoms with E-state index in [4.69, 9.17) is 0 Å². The van der Waals surface area contributed by atoms with Gasteiger partial charge >= 0.3 is 12.1 Å². The second kappa shape index (κ2) is 9.68. The summed E-state index contributed by atoms with van der Waals surface area (Å²) >= 11 is 0. The Morgan fingerprint density at radius 1 is 1.09 bits per heavy atom. The van der Waals surface area contributed by atoms with Gasteiger partial charge in [0, 0.05) is 11.6 Å². The Morgan fingerprint density at radius 2 is 1.83 bits per heavy atom. The molecule has 35 heavy (non-hydrogen) atoms. The van der Waals surface area contributed by atoms with E-state index in [1.54, 1.807) is 6.08 Å². The first-order chi connectivity index (χ1) is 16.5. The fraction of sp³-hybridized carbons (Fsp3) is 0.478. The van der Waals surface area contributed by atoms with Crippen LogP contribution in [0.2, 0.25) is 0 Å². The number of cyclic esters (lactones) is 1. The topological polar surface area (TPSA) is 125 Å². The highest BCUT2D eigenvalue weighted by Gasteiger charge is 2.45. The Kier molecular flexibility index (Phi) is 6.84. The van der Waals surface area contributed by atoms with Crippen molar-refractivity contribution in [1.82, 2.24) is 15.5 Å². The molecule has 1 aromatic rings. The summed E-state index contributed by atoms with van der Waals surface area (Å²) in [6.07, 6.45) is -1.29. The Labute approximate surface area is 198 Å². The third-order valence-corrected chi connectivity index (χ3v) is 6.37. The number of nitrogens with one attached hydrogen (secondary N) is 2. The summed E-state index contributed by atoms with van der Waals surface area (Å²) in [7, 11) is 0. The van der Waals surface area contributed by atoms with Gasteiger partial charge < -0.3 is 25.4 Å². The summed E-state index contributed by atoms with van der Waals surface area (Å²) in [5, 5.41) is 14.8. The monoisotopic (exact) mass is 495 g/mol. The summed E-state index contributed by atoms with van der Waals surface area (Å²) in [5.74, 6) is -2.59. The first-order valence-electron chi connectivity index (χ1n) is 11.2. The number of aliphatic hydroxyl groups excluding tert-OH is 1. The van der Waals surface area contributed by atoms with E-state index in [2.05, 4.69) is 15.4 Å². The maximum atomic E-state index is 13.4. The van der Waals surface area contributed by atoms with Gasteiger partial charge in [0.2, 0.25) is 18.1 Å². The molecule has 3 aliphatic rings. The molecule has 5 atom stereocenters. The van der Waals surface area contributed by atoms with E-state index >= 15 is 0 Å². The molecular weight excluding hydrogens is 471 g/mol. The largest absolute Gasteiger partial charge is 0.434 e. The Bertz CT molecular complexity index is 1060. The van der Waals surface area contributed by atoms with Gasteiger partial charge in [-0.1, -0.05) is 18.2 Å². The van der Waals surface area contributed by atoms with E-state index in [0.717, 1.165) is 12.1 Å². The number of halogens is 3. The van der Waals surface area contributed by atoms with Crippen LogP contribution in [0.15, 0.2) is 36.4 Å². The highest BCUT2D eigenvalue weighted by atomic mass is 19.4. The maximum absolute atomic E-state index is 13.4. The van der Waals surface area contributed by atoms with Gasteiger partial charge in [0.1, 0.15) is 18.1 Å². The average Bonchev–Trinajstić information content (AvgIpc) is 3.35. The van der Waals surface area contributed by atoms with Crippen LogP contribution < -0.4 is 10.6 Å². The zero-order valence-corrected chi connectivity index (χ0v) is 18.5. The van der Waals surface area contributed by atoms with Crippen LogP contribution >= 0.6 is 0 Å². The number of rotatable bonds is 4. The molecule has 0 aromatic heterocycles. The number of benzene rings is 1. The minimum Gasteiger partial charge on any atom is -0.434 e. The van der Waals surface area contributed by atoms with Crippen molar-refractivity contribution in [3.8, 4) is 0 Å². The minimum absolute atomic E-state index is 0.102. The number of carbonyl (C=O) groups excluding carboxylic acids is 4.